The van der Waals surface area contributed by atoms with Crippen molar-refractivity contribution in [3.8, 4) is 0 Å². The van der Waals surface area contributed by atoms with Gasteiger partial charge in [0.2, 0.25) is 10.0 Å². The van der Waals surface area contributed by atoms with Crippen LogP contribution in [0, 0.1) is 0 Å². The minimum atomic E-state index is -5.08. The number of carboxylic acid groups (broad SMARTS) is 2. The van der Waals surface area contributed by atoms with Crippen LogP contribution >= 0.6 is 0 Å². The van der Waals surface area contributed by atoms with Crippen LogP contribution in [0.5, 0.6) is 0 Å². The summed E-state index contributed by atoms with van der Waals surface area (Å²) in [6, 6.07) is 4.07. The maximum absolute atomic E-state index is 12.8. The molecule has 1 unspecified atom stereocenters. The van der Waals surface area contributed by atoms with Crippen LogP contribution in [0.4, 0.5) is 26.3 Å². The lowest BCUT2D eigenvalue weighted by molar-refractivity contribution is -0.193. The van der Waals surface area contributed by atoms with Crippen molar-refractivity contribution in [1.82, 2.24) is 14.2 Å². The van der Waals surface area contributed by atoms with Gasteiger partial charge in [-0.3, -0.25) is 9.88 Å². The second-order valence-corrected chi connectivity index (χ2v) is 11.1. The highest BCUT2D eigenvalue weighted by atomic mass is 32.2. The third kappa shape index (κ3) is 8.81. The van der Waals surface area contributed by atoms with Gasteiger partial charge in [0.05, 0.1) is 5.25 Å². The number of aromatic nitrogens is 1. The molecule has 0 aromatic carbocycles. The summed E-state index contributed by atoms with van der Waals surface area (Å²) in [6.45, 7) is 3.51. The Morgan fingerprint density at radius 3 is 1.95 bits per heavy atom. The van der Waals surface area contributed by atoms with Crippen LogP contribution in [0.15, 0.2) is 24.5 Å². The van der Waals surface area contributed by atoms with Gasteiger partial charge < -0.3 is 10.2 Å². The van der Waals surface area contributed by atoms with Crippen molar-refractivity contribution in [2.45, 2.75) is 68.2 Å². The molecular formula is C21H27F6N3O6S. The molecule has 2 saturated heterocycles. The fourth-order valence-electron chi connectivity index (χ4n) is 4.36. The highest BCUT2D eigenvalue weighted by molar-refractivity contribution is 7.90. The van der Waals surface area contributed by atoms with Crippen molar-refractivity contribution < 1.29 is 54.6 Å². The first kappa shape index (κ1) is 30.8. The van der Waals surface area contributed by atoms with Gasteiger partial charge in [-0.05, 0) is 56.7 Å². The Labute approximate surface area is 209 Å². The minimum absolute atomic E-state index is 0.0915. The summed E-state index contributed by atoms with van der Waals surface area (Å²) in [5, 5.41) is 14.2. The summed E-state index contributed by atoms with van der Waals surface area (Å²) >= 11 is 0. The Balaban J connectivity index is 0.000000286. The normalized spacial score (nSPS) is 23.0. The molecule has 0 bridgehead atoms. The van der Waals surface area contributed by atoms with E-state index in [4.69, 9.17) is 19.8 Å². The molecule has 4 rings (SSSR count). The number of rotatable bonds is 4. The van der Waals surface area contributed by atoms with E-state index in [0.29, 0.717) is 0 Å². The van der Waals surface area contributed by atoms with Gasteiger partial charge in [0.15, 0.2) is 0 Å². The second kappa shape index (κ2) is 11.9. The number of alkyl halides is 6. The van der Waals surface area contributed by atoms with Crippen LogP contribution in [-0.2, 0) is 26.2 Å². The lowest BCUT2D eigenvalue weighted by atomic mass is 9.87. The SMILES string of the molecule is O=C(O)C(F)(F)F.O=C(O)C(F)(F)F.O=S(=O)(C1CC1)N1CCCC12CCCN(Cc1cccnc1)C2. The molecule has 1 saturated carbocycles. The van der Waals surface area contributed by atoms with Gasteiger partial charge in [0.1, 0.15) is 0 Å². The predicted octanol–water partition coefficient (Wildman–Crippen LogP) is 3.27. The highest BCUT2D eigenvalue weighted by Crippen LogP contribution is 2.43. The third-order valence-corrected chi connectivity index (χ3v) is 8.53. The molecule has 0 radical (unpaired) electrons. The summed E-state index contributed by atoms with van der Waals surface area (Å²) in [4.78, 5) is 24.4. The predicted molar refractivity (Wildman–Crippen MR) is 117 cm³/mol. The van der Waals surface area contributed by atoms with Gasteiger partial charge in [0, 0.05) is 37.6 Å². The molecule has 16 heteroatoms. The zero-order chi connectivity index (χ0) is 28.1. The first-order valence-corrected chi connectivity index (χ1v) is 12.7. The topological polar surface area (TPSA) is 128 Å². The Hall–Kier alpha value is -2.46. The van der Waals surface area contributed by atoms with Crippen molar-refractivity contribution >= 4 is 22.0 Å². The Morgan fingerprint density at radius 2 is 1.51 bits per heavy atom. The lowest BCUT2D eigenvalue weighted by Crippen LogP contribution is -2.57. The molecule has 1 spiro atoms. The molecule has 3 fully saturated rings. The molecule has 1 aromatic rings. The Bertz CT molecular complexity index is 1010. The summed E-state index contributed by atoms with van der Waals surface area (Å²) < 4.78 is 91.0. The molecule has 1 aromatic heterocycles. The number of hydrogen-bond donors (Lipinski definition) is 2. The van der Waals surface area contributed by atoms with Gasteiger partial charge in [-0.15, -0.1) is 0 Å². The van der Waals surface area contributed by atoms with E-state index in [1.54, 1.807) is 6.20 Å². The number of hydrogen-bond acceptors (Lipinski definition) is 6. The second-order valence-electron chi connectivity index (χ2n) is 8.93. The number of pyridine rings is 1. The van der Waals surface area contributed by atoms with Crippen molar-refractivity contribution in [2.24, 2.45) is 0 Å². The Kier molecular flexibility index (Phi) is 9.93. The fraction of sp³-hybridized carbons (Fsp3) is 0.667. The monoisotopic (exact) mass is 563 g/mol. The molecule has 2 N–H and O–H groups in total. The van der Waals surface area contributed by atoms with Crippen LogP contribution in [0.25, 0.3) is 0 Å². The number of carboxylic acids is 2. The first-order valence-electron chi connectivity index (χ1n) is 11.2. The fourth-order valence-corrected chi connectivity index (χ4v) is 6.61. The molecule has 0 amide bonds. The van der Waals surface area contributed by atoms with Crippen LogP contribution in [0.2, 0.25) is 0 Å². The van der Waals surface area contributed by atoms with E-state index in [1.165, 1.54) is 5.56 Å². The number of piperidine rings is 1. The van der Waals surface area contributed by atoms with Crippen molar-refractivity contribution in [2.75, 3.05) is 19.6 Å². The zero-order valence-corrected chi connectivity index (χ0v) is 20.3. The molecule has 1 atom stereocenters. The number of likely N-dealkylation sites (tertiary alicyclic amines) is 1. The van der Waals surface area contributed by atoms with E-state index in [1.807, 2.05) is 16.6 Å². The number of nitrogens with zero attached hydrogens (tertiary/aromatic N) is 3. The molecule has 9 nitrogen and oxygen atoms in total. The van der Waals surface area contributed by atoms with E-state index in [-0.39, 0.29) is 10.8 Å². The van der Waals surface area contributed by atoms with Gasteiger partial charge >= 0.3 is 24.3 Å². The van der Waals surface area contributed by atoms with E-state index in [9.17, 15) is 34.8 Å². The number of aliphatic carboxylic acids is 2. The average Bonchev–Trinajstić information content (AvgIpc) is 3.57. The molecule has 37 heavy (non-hydrogen) atoms. The number of halogens is 6. The maximum atomic E-state index is 12.8. The van der Waals surface area contributed by atoms with Gasteiger partial charge in [-0.1, -0.05) is 6.07 Å². The first-order chi connectivity index (χ1) is 17.0. The number of sulfonamides is 1. The van der Waals surface area contributed by atoms with Crippen LogP contribution < -0.4 is 0 Å². The molecule has 3 aliphatic rings. The van der Waals surface area contributed by atoms with E-state index in [0.717, 1.165) is 64.7 Å². The standard InChI is InChI=1S/C17H25N3O2S.2C2HF3O2/c21-23(22,16-5-6-16)20-11-3-8-17(20)7-2-10-19(14-17)13-15-4-1-9-18-12-15;2*3-2(4,5)1(6)7/h1,4,9,12,16H,2-3,5-8,10-11,13-14H2;2*(H,6,7). The summed E-state index contributed by atoms with van der Waals surface area (Å²) in [7, 11) is -3.08. The molecular weight excluding hydrogens is 536 g/mol. The quantitative estimate of drug-likeness (QED) is 0.535. The van der Waals surface area contributed by atoms with E-state index < -0.39 is 34.3 Å². The zero-order valence-electron chi connectivity index (χ0n) is 19.5. The average molecular weight is 564 g/mol. The summed E-state index contributed by atoms with van der Waals surface area (Å²) in [6.07, 6.45) is -0.631. The summed E-state index contributed by atoms with van der Waals surface area (Å²) in [5.41, 5.74) is 1.06. The minimum Gasteiger partial charge on any atom is -0.475 e. The molecule has 210 valence electrons. The summed E-state index contributed by atoms with van der Waals surface area (Å²) in [5.74, 6) is -5.51. The lowest BCUT2D eigenvalue weighted by Gasteiger charge is -2.45. The maximum Gasteiger partial charge on any atom is 0.490 e. The smallest absolute Gasteiger partial charge is 0.475 e. The van der Waals surface area contributed by atoms with Crippen LogP contribution in [-0.4, -0.2) is 87.5 Å². The van der Waals surface area contributed by atoms with Crippen LogP contribution in [0.1, 0.15) is 44.1 Å². The van der Waals surface area contributed by atoms with Crippen molar-refractivity contribution in [1.29, 1.82) is 0 Å². The van der Waals surface area contributed by atoms with E-state index >= 15 is 0 Å². The van der Waals surface area contributed by atoms with Crippen molar-refractivity contribution in [3.63, 3.8) is 0 Å². The van der Waals surface area contributed by atoms with Crippen molar-refractivity contribution in [3.05, 3.63) is 30.1 Å². The van der Waals surface area contributed by atoms with Crippen LogP contribution in [0.3, 0.4) is 0 Å². The molecule has 3 heterocycles. The molecule has 2 aliphatic heterocycles. The molecule has 1 aliphatic carbocycles. The third-order valence-electron chi connectivity index (χ3n) is 6.03. The largest absolute Gasteiger partial charge is 0.490 e. The number of carbonyl (C=O) groups is 2. The Morgan fingerprint density at radius 1 is 1.00 bits per heavy atom. The van der Waals surface area contributed by atoms with Gasteiger partial charge in [-0.2, -0.15) is 30.6 Å². The highest BCUT2D eigenvalue weighted by Gasteiger charge is 2.53. The van der Waals surface area contributed by atoms with E-state index in [2.05, 4.69) is 16.0 Å². The van der Waals surface area contributed by atoms with Gasteiger partial charge in [-0.25, -0.2) is 18.0 Å². The van der Waals surface area contributed by atoms with Gasteiger partial charge in [0.25, 0.3) is 0 Å².